The zero-order valence-electron chi connectivity index (χ0n) is 21.8. The van der Waals surface area contributed by atoms with Crippen molar-refractivity contribution in [2.24, 2.45) is 5.10 Å². The third kappa shape index (κ3) is 7.77. The average molecular weight is 551 g/mol. The standard InChI is InChI=1S/C27H26N4O9/c1-37-22-14-19(15-23(38-2)25(22)39-3)26(33)28-11-10-24(32)30-29-16-17-6-4-9-21(12-17)40-27(34)18-7-5-8-20(13-18)31(35)36/h4-9,12-16H,10-11H2,1-3H3,(H,28,33)(H,30,32). The van der Waals surface area contributed by atoms with Gasteiger partial charge in [-0.25, -0.2) is 10.2 Å². The van der Waals surface area contributed by atoms with Crippen molar-refractivity contribution in [2.45, 2.75) is 6.42 Å². The van der Waals surface area contributed by atoms with Crippen LogP contribution in [0.1, 0.15) is 32.7 Å². The molecule has 3 aromatic rings. The topological polar surface area (TPSA) is 168 Å². The second-order valence-electron chi connectivity index (χ2n) is 7.98. The summed E-state index contributed by atoms with van der Waals surface area (Å²) in [4.78, 5) is 47.3. The summed E-state index contributed by atoms with van der Waals surface area (Å²) in [6, 6.07) is 14.5. The molecular formula is C27H26N4O9. The molecule has 208 valence electrons. The number of hydrogen-bond acceptors (Lipinski definition) is 10. The van der Waals surface area contributed by atoms with E-state index in [0.29, 0.717) is 22.8 Å². The minimum atomic E-state index is -0.764. The van der Waals surface area contributed by atoms with Crippen molar-refractivity contribution in [3.63, 3.8) is 0 Å². The molecule has 2 amide bonds. The first-order chi connectivity index (χ1) is 19.2. The fourth-order valence-electron chi connectivity index (χ4n) is 3.41. The van der Waals surface area contributed by atoms with Gasteiger partial charge in [-0.2, -0.15) is 5.10 Å². The number of nitrogens with one attached hydrogen (secondary N) is 2. The Bertz CT molecular complexity index is 1410. The molecule has 0 aliphatic heterocycles. The molecule has 0 saturated heterocycles. The quantitative estimate of drug-likeness (QED) is 0.113. The van der Waals surface area contributed by atoms with E-state index < -0.39 is 22.7 Å². The number of hydrogen-bond donors (Lipinski definition) is 2. The molecule has 0 radical (unpaired) electrons. The van der Waals surface area contributed by atoms with Crippen LogP contribution in [0.3, 0.4) is 0 Å². The summed E-state index contributed by atoms with van der Waals surface area (Å²) in [7, 11) is 4.33. The van der Waals surface area contributed by atoms with Crippen LogP contribution in [0.15, 0.2) is 65.8 Å². The van der Waals surface area contributed by atoms with E-state index in [9.17, 15) is 24.5 Å². The van der Waals surface area contributed by atoms with Crippen molar-refractivity contribution < 1.29 is 38.3 Å². The van der Waals surface area contributed by atoms with Crippen molar-refractivity contribution in [1.82, 2.24) is 10.7 Å². The number of methoxy groups -OCH3 is 3. The third-order valence-electron chi connectivity index (χ3n) is 5.33. The molecule has 0 saturated carbocycles. The molecule has 13 heteroatoms. The second kappa shape index (κ2) is 13.9. The zero-order chi connectivity index (χ0) is 29.1. The highest BCUT2D eigenvalue weighted by molar-refractivity contribution is 5.96. The maximum Gasteiger partial charge on any atom is 0.343 e. The number of carbonyl (C=O) groups excluding carboxylic acids is 3. The Balaban J connectivity index is 1.50. The van der Waals surface area contributed by atoms with Gasteiger partial charge in [0.2, 0.25) is 11.7 Å². The van der Waals surface area contributed by atoms with Gasteiger partial charge in [-0.3, -0.25) is 19.7 Å². The number of carbonyl (C=O) groups is 3. The molecule has 0 atom stereocenters. The SMILES string of the molecule is COc1cc(C(=O)NCCC(=O)NN=Cc2cccc(OC(=O)c3cccc([N+](=O)[O-])c3)c2)cc(OC)c1OC. The molecule has 0 heterocycles. The third-order valence-corrected chi connectivity index (χ3v) is 5.33. The van der Waals surface area contributed by atoms with Crippen LogP contribution in [0.2, 0.25) is 0 Å². The summed E-state index contributed by atoms with van der Waals surface area (Å²) >= 11 is 0. The lowest BCUT2D eigenvalue weighted by Crippen LogP contribution is -2.29. The van der Waals surface area contributed by atoms with Gasteiger partial charge in [0, 0.05) is 30.7 Å². The van der Waals surface area contributed by atoms with Crippen molar-refractivity contribution >= 4 is 29.7 Å². The summed E-state index contributed by atoms with van der Waals surface area (Å²) in [5.41, 5.74) is 2.92. The monoisotopic (exact) mass is 550 g/mol. The van der Waals surface area contributed by atoms with Gasteiger partial charge < -0.3 is 24.3 Å². The molecule has 0 unspecified atom stereocenters. The Morgan fingerprint density at radius 1 is 0.925 bits per heavy atom. The highest BCUT2D eigenvalue weighted by atomic mass is 16.6. The van der Waals surface area contributed by atoms with Crippen LogP contribution in [-0.4, -0.2) is 56.8 Å². The Labute approximate surface area is 228 Å². The summed E-state index contributed by atoms with van der Waals surface area (Å²) in [5.74, 6) is -0.475. The predicted molar refractivity (Wildman–Crippen MR) is 143 cm³/mol. The number of esters is 1. The number of nitro benzene ring substituents is 1. The molecule has 13 nitrogen and oxygen atoms in total. The fourth-order valence-corrected chi connectivity index (χ4v) is 3.41. The van der Waals surface area contributed by atoms with Crippen molar-refractivity contribution in [3.05, 3.63) is 87.5 Å². The molecule has 0 spiro atoms. The van der Waals surface area contributed by atoms with Gasteiger partial charge in [-0.1, -0.05) is 18.2 Å². The lowest BCUT2D eigenvalue weighted by Gasteiger charge is -2.14. The van der Waals surface area contributed by atoms with Crippen molar-refractivity contribution in [1.29, 1.82) is 0 Å². The highest BCUT2D eigenvalue weighted by Crippen LogP contribution is 2.38. The minimum Gasteiger partial charge on any atom is -0.493 e. The Hall–Kier alpha value is -5.46. The highest BCUT2D eigenvalue weighted by Gasteiger charge is 2.17. The smallest absolute Gasteiger partial charge is 0.343 e. The van der Waals surface area contributed by atoms with Gasteiger partial charge in [-0.15, -0.1) is 0 Å². The first kappa shape index (κ1) is 29.1. The normalized spacial score (nSPS) is 10.5. The molecule has 0 aromatic heterocycles. The number of rotatable bonds is 12. The zero-order valence-corrected chi connectivity index (χ0v) is 21.8. The fraction of sp³-hybridized carbons (Fsp3) is 0.185. The summed E-state index contributed by atoms with van der Waals surface area (Å²) in [6.07, 6.45) is 1.30. The number of hydrazone groups is 1. The number of non-ortho nitro benzene ring substituents is 1. The molecule has 40 heavy (non-hydrogen) atoms. The van der Waals surface area contributed by atoms with Gasteiger partial charge in [0.1, 0.15) is 5.75 Å². The molecule has 2 N–H and O–H groups in total. The molecule has 0 aliphatic carbocycles. The van der Waals surface area contributed by atoms with Crippen LogP contribution in [-0.2, 0) is 4.79 Å². The Morgan fingerprint density at radius 2 is 1.62 bits per heavy atom. The summed E-state index contributed by atoms with van der Waals surface area (Å²) in [6.45, 7) is 0.0416. The van der Waals surface area contributed by atoms with Crippen LogP contribution in [0.5, 0.6) is 23.0 Å². The first-order valence-corrected chi connectivity index (χ1v) is 11.7. The number of nitro groups is 1. The number of ether oxygens (including phenoxy) is 4. The van der Waals surface area contributed by atoms with Gasteiger partial charge in [0.05, 0.1) is 38.0 Å². The van der Waals surface area contributed by atoms with E-state index in [-0.39, 0.29) is 35.5 Å². The van der Waals surface area contributed by atoms with E-state index in [1.54, 1.807) is 12.1 Å². The maximum atomic E-state index is 12.5. The van der Waals surface area contributed by atoms with Crippen LogP contribution in [0.4, 0.5) is 5.69 Å². The Morgan fingerprint density at radius 3 is 2.27 bits per heavy atom. The van der Waals surface area contributed by atoms with E-state index in [2.05, 4.69) is 15.8 Å². The summed E-state index contributed by atoms with van der Waals surface area (Å²) in [5, 5.41) is 17.4. The van der Waals surface area contributed by atoms with E-state index in [4.69, 9.17) is 18.9 Å². The van der Waals surface area contributed by atoms with E-state index in [0.717, 1.165) is 6.07 Å². The molecule has 0 bridgehead atoms. The van der Waals surface area contributed by atoms with Gasteiger partial charge in [0.15, 0.2) is 11.5 Å². The molecule has 3 rings (SSSR count). The number of benzene rings is 3. The summed E-state index contributed by atoms with van der Waals surface area (Å²) < 4.78 is 21.0. The van der Waals surface area contributed by atoms with E-state index in [1.807, 2.05) is 0 Å². The predicted octanol–water partition coefficient (Wildman–Crippen LogP) is 3.11. The van der Waals surface area contributed by atoms with Crippen LogP contribution < -0.4 is 29.7 Å². The van der Waals surface area contributed by atoms with Crippen molar-refractivity contribution in [3.8, 4) is 23.0 Å². The number of nitrogens with zero attached hydrogens (tertiary/aromatic N) is 2. The molecule has 3 aromatic carbocycles. The second-order valence-corrected chi connectivity index (χ2v) is 7.98. The van der Waals surface area contributed by atoms with Crippen LogP contribution >= 0.6 is 0 Å². The van der Waals surface area contributed by atoms with E-state index >= 15 is 0 Å². The largest absolute Gasteiger partial charge is 0.493 e. The number of amides is 2. The molecule has 0 aliphatic rings. The lowest BCUT2D eigenvalue weighted by atomic mass is 10.1. The first-order valence-electron chi connectivity index (χ1n) is 11.7. The van der Waals surface area contributed by atoms with Crippen LogP contribution in [0, 0.1) is 10.1 Å². The van der Waals surface area contributed by atoms with Gasteiger partial charge >= 0.3 is 5.97 Å². The van der Waals surface area contributed by atoms with Crippen LogP contribution in [0.25, 0.3) is 0 Å². The maximum absolute atomic E-state index is 12.5. The molecule has 0 fully saturated rings. The van der Waals surface area contributed by atoms with Crippen molar-refractivity contribution in [2.75, 3.05) is 27.9 Å². The van der Waals surface area contributed by atoms with E-state index in [1.165, 1.54) is 70.0 Å². The van der Waals surface area contributed by atoms with Gasteiger partial charge in [-0.05, 0) is 35.9 Å². The Kier molecular flexibility index (Phi) is 10.1. The lowest BCUT2D eigenvalue weighted by molar-refractivity contribution is -0.384. The average Bonchev–Trinajstić information content (AvgIpc) is 2.96. The molecular weight excluding hydrogens is 524 g/mol. The minimum absolute atomic E-state index is 0.0258. The van der Waals surface area contributed by atoms with Gasteiger partial charge in [0.25, 0.3) is 11.6 Å².